The fraction of sp³-hybridized carbons (Fsp3) is 0.500. The van der Waals surface area contributed by atoms with Crippen molar-refractivity contribution >= 4 is 5.97 Å². The Kier molecular flexibility index (Phi) is 8.81. The summed E-state index contributed by atoms with van der Waals surface area (Å²) in [6, 6.07) is 3.77. The molecule has 0 bridgehead atoms. The number of aromatic amines is 1. The standard InChI is InChI=1S/C14H20N5O3.BrH/c1-2-7-19-8-3-12(4-9-19)21-11-6-14(20)22-10-5-13-15-17-18-16-13;/h3-4,8-9H,2,5-7,10-11H2,1H3,(H,15,16,17,18);1H/q+1;/p-1. The molecule has 0 aliphatic rings. The molecule has 0 radical (unpaired) electrons. The number of aromatic nitrogens is 5. The summed E-state index contributed by atoms with van der Waals surface area (Å²) in [5.41, 5.74) is 0. The molecule has 0 saturated heterocycles. The molecule has 0 spiro atoms. The lowest BCUT2D eigenvalue weighted by molar-refractivity contribution is -0.697. The highest BCUT2D eigenvalue weighted by molar-refractivity contribution is 5.69. The normalized spacial score (nSPS) is 9.96. The molecule has 126 valence electrons. The van der Waals surface area contributed by atoms with Gasteiger partial charge in [0.2, 0.25) is 0 Å². The van der Waals surface area contributed by atoms with Gasteiger partial charge in [-0.25, -0.2) is 4.57 Å². The highest BCUT2D eigenvalue weighted by atomic mass is 79.9. The molecule has 0 fully saturated rings. The second-order valence-corrected chi connectivity index (χ2v) is 4.67. The maximum Gasteiger partial charge on any atom is 0.309 e. The first kappa shape index (κ1) is 19.0. The van der Waals surface area contributed by atoms with Gasteiger partial charge in [-0.15, -0.1) is 10.2 Å². The quantitative estimate of drug-likeness (QED) is 0.377. The molecule has 0 amide bonds. The van der Waals surface area contributed by atoms with Crippen LogP contribution >= 0.6 is 0 Å². The van der Waals surface area contributed by atoms with E-state index in [0.717, 1.165) is 18.7 Å². The molecule has 0 aliphatic carbocycles. The molecule has 2 rings (SSSR count). The molecule has 0 aromatic carbocycles. The minimum atomic E-state index is -0.305. The van der Waals surface area contributed by atoms with Gasteiger partial charge < -0.3 is 26.5 Å². The monoisotopic (exact) mass is 385 g/mol. The Morgan fingerprint density at radius 1 is 1.30 bits per heavy atom. The highest BCUT2D eigenvalue weighted by Crippen LogP contribution is 2.06. The van der Waals surface area contributed by atoms with Crippen molar-refractivity contribution < 1.29 is 35.8 Å². The predicted octanol–water partition coefficient (Wildman–Crippen LogP) is -2.54. The molecule has 0 unspecified atom stereocenters. The lowest BCUT2D eigenvalue weighted by Crippen LogP contribution is -3.00. The first-order valence-corrected chi connectivity index (χ1v) is 7.28. The van der Waals surface area contributed by atoms with Gasteiger partial charge in [-0.05, 0) is 0 Å². The molecule has 1 N–H and O–H groups in total. The van der Waals surface area contributed by atoms with E-state index in [1.807, 2.05) is 24.5 Å². The van der Waals surface area contributed by atoms with E-state index in [-0.39, 0.29) is 36.0 Å². The van der Waals surface area contributed by atoms with Crippen LogP contribution < -0.4 is 26.3 Å². The van der Waals surface area contributed by atoms with Gasteiger partial charge in [0.05, 0.1) is 19.6 Å². The Morgan fingerprint density at radius 3 is 2.74 bits per heavy atom. The Labute approximate surface area is 145 Å². The lowest BCUT2D eigenvalue weighted by Gasteiger charge is -2.06. The Bertz CT molecular complexity index is 562. The van der Waals surface area contributed by atoms with Gasteiger partial charge >= 0.3 is 5.97 Å². The number of nitrogens with zero attached hydrogens (tertiary/aromatic N) is 4. The van der Waals surface area contributed by atoms with Crippen molar-refractivity contribution in [2.75, 3.05) is 13.2 Å². The fourth-order valence-electron chi connectivity index (χ4n) is 1.82. The van der Waals surface area contributed by atoms with Crippen molar-refractivity contribution in [1.29, 1.82) is 0 Å². The number of pyridine rings is 1. The van der Waals surface area contributed by atoms with Crippen LogP contribution in [0.4, 0.5) is 0 Å². The van der Waals surface area contributed by atoms with Crippen LogP contribution in [0.3, 0.4) is 0 Å². The van der Waals surface area contributed by atoms with E-state index in [1.54, 1.807) is 0 Å². The van der Waals surface area contributed by atoms with Gasteiger partial charge in [-0.1, -0.05) is 12.1 Å². The zero-order valence-corrected chi connectivity index (χ0v) is 14.5. The minimum Gasteiger partial charge on any atom is -1.00 e. The van der Waals surface area contributed by atoms with Crippen molar-refractivity contribution in [3.63, 3.8) is 0 Å². The maximum atomic E-state index is 11.5. The van der Waals surface area contributed by atoms with Crippen LogP contribution in [0, 0.1) is 0 Å². The van der Waals surface area contributed by atoms with E-state index >= 15 is 0 Å². The third-order valence-corrected chi connectivity index (χ3v) is 2.90. The Hall–Kier alpha value is -2.03. The molecule has 8 nitrogen and oxygen atoms in total. The summed E-state index contributed by atoms with van der Waals surface area (Å²) in [6.45, 7) is 3.63. The van der Waals surface area contributed by atoms with Crippen LogP contribution in [0.25, 0.3) is 0 Å². The van der Waals surface area contributed by atoms with Crippen molar-refractivity contribution in [2.24, 2.45) is 0 Å². The third-order valence-electron chi connectivity index (χ3n) is 2.90. The Balaban J connectivity index is 0.00000264. The summed E-state index contributed by atoms with van der Waals surface area (Å²) in [6.07, 6.45) is 5.65. The molecule has 23 heavy (non-hydrogen) atoms. The summed E-state index contributed by atoms with van der Waals surface area (Å²) >= 11 is 0. The molecular weight excluding hydrogens is 366 g/mol. The first-order valence-electron chi connectivity index (χ1n) is 7.28. The van der Waals surface area contributed by atoms with E-state index in [0.29, 0.717) is 18.9 Å². The second-order valence-electron chi connectivity index (χ2n) is 4.67. The molecule has 2 heterocycles. The van der Waals surface area contributed by atoms with Gasteiger partial charge in [0.25, 0.3) is 0 Å². The number of carbonyl (C=O) groups is 1. The van der Waals surface area contributed by atoms with E-state index in [2.05, 4.69) is 32.1 Å². The second kappa shape index (κ2) is 10.7. The molecule has 2 aromatic heterocycles. The smallest absolute Gasteiger partial charge is 0.309 e. The summed E-state index contributed by atoms with van der Waals surface area (Å²) in [7, 11) is 0. The van der Waals surface area contributed by atoms with Crippen LogP contribution in [0.2, 0.25) is 0 Å². The van der Waals surface area contributed by atoms with Gasteiger partial charge in [0.1, 0.15) is 12.3 Å². The van der Waals surface area contributed by atoms with Crippen LogP contribution in [0.5, 0.6) is 5.75 Å². The number of tetrazole rings is 1. The zero-order valence-electron chi connectivity index (χ0n) is 12.9. The highest BCUT2D eigenvalue weighted by Gasteiger charge is 2.06. The lowest BCUT2D eigenvalue weighted by atomic mass is 10.4. The van der Waals surface area contributed by atoms with Crippen LogP contribution in [-0.2, 0) is 22.5 Å². The number of hydrogen-bond donors (Lipinski definition) is 1. The van der Waals surface area contributed by atoms with Gasteiger partial charge in [0, 0.05) is 25.0 Å². The number of carbonyl (C=O) groups excluding carboxylic acids is 1. The minimum absolute atomic E-state index is 0. The summed E-state index contributed by atoms with van der Waals surface area (Å²) < 4.78 is 12.7. The largest absolute Gasteiger partial charge is 1.00 e. The van der Waals surface area contributed by atoms with Crippen molar-refractivity contribution in [1.82, 2.24) is 20.6 Å². The number of aryl methyl sites for hydroxylation is 1. The maximum absolute atomic E-state index is 11.5. The summed E-state index contributed by atoms with van der Waals surface area (Å²) in [5, 5.41) is 13.3. The predicted molar refractivity (Wildman–Crippen MR) is 75.9 cm³/mol. The van der Waals surface area contributed by atoms with Gasteiger partial charge in [0.15, 0.2) is 18.2 Å². The summed E-state index contributed by atoms with van der Waals surface area (Å²) in [5.74, 6) is 0.959. The Morgan fingerprint density at radius 2 is 2.09 bits per heavy atom. The van der Waals surface area contributed by atoms with E-state index in [9.17, 15) is 4.79 Å². The van der Waals surface area contributed by atoms with Crippen molar-refractivity contribution in [3.8, 4) is 5.75 Å². The number of ether oxygens (including phenoxy) is 2. The van der Waals surface area contributed by atoms with Crippen molar-refractivity contribution in [3.05, 3.63) is 30.4 Å². The molecule has 2 aromatic rings. The zero-order chi connectivity index (χ0) is 15.6. The molecule has 0 saturated carbocycles. The number of nitrogens with one attached hydrogen (secondary N) is 1. The molecular formula is C14H20BrN5O3. The van der Waals surface area contributed by atoms with Gasteiger partial charge in [-0.3, -0.25) is 4.79 Å². The topological polar surface area (TPSA) is 93.9 Å². The van der Waals surface area contributed by atoms with Crippen LogP contribution in [0.15, 0.2) is 24.5 Å². The fourth-order valence-corrected chi connectivity index (χ4v) is 1.82. The number of hydrogen-bond acceptors (Lipinski definition) is 6. The van der Waals surface area contributed by atoms with Gasteiger partial charge in [-0.2, -0.15) is 5.21 Å². The van der Waals surface area contributed by atoms with Crippen LogP contribution in [-0.4, -0.2) is 39.8 Å². The molecule has 0 aliphatic heterocycles. The number of esters is 1. The number of H-pyrrole nitrogens is 1. The van der Waals surface area contributed by atoms with E-state index < -0.39 is 0 Å². The number of halogens is 1. The SMILES string of the molecule is CCC[n+]1ccc(OCCC(=O)OCCc2nn[nH]n2)cc1.[Br-]. The number of rotatable bonds is 9. The first-order chi connectivity index (χ1) is 10.8. The average molecular weight is 386 g/mol. The van der Waals surface area contributed by atoms with Crippen LogP contribution in [0.1, 0.15) is 25.6 Å². The molecule has 0 atom stereocenters. The molecule has 9 heteroatoms. The van der Waals surface area contributed by atoms with E-state index in [1.165, 1.54) is 0 Å². The summed E-state index contributed by atoms with van der Waals surface area (Å²) in [4.78, 5) is 11.5. The van der Waals surface area contributed by atoms with Crippen molar-refractivity contribution in [2.45, 2.75) is 32.7 Å². The third kappa shape index (κ3) is 7.18. The average Bonchev–Trinajstić information content (AvgIpc) is 3.03. The van der Waals surface area contributed by atoms with E-state index in [4.69, 9.17) is 9.47 Å².